The summed E-state index contributed by atoms with van der Waals surface area (Å²) in [5.41, 5.74) is 1.34. The van der Waals surface area contributed by atoms with Gasteiger partial charge >= 0.3 is 0 Å². The van der Waals surface area contributed by atoms with Crippen LogP contribution in [0.5, 0.6) is 0 Å². The molecule has 4 rings (SSSR count). The summed E-state index contributed by atoms with van der Waals surface area (Å²) in [5, 5.41) is 2.18. The molecule has 0 radical (unpaired) electrons. The van der Waals surface area contributed by atoms with Gasteiger partial charge < -0.3 is 19.1 Å². The monoisotopic (exact) mass is 408 g/mol. The average molecular weight is 409 g/mol. The lowest BCUT2D eigenvalue weighted by atomic mass is 9.83. The molecule has 3 aliphatic heterocycles. The summed E-state index contributed by atoms with van der Waals surface area (Å²) in [5.74, 6) is 0.0879. The number of morpholine rings is 1. The number of carbonyl (C=O) groups excluding carboxylic acids is 1. The van der Waals surface area contributed by atoms with E-state index in [0.29, 0.717) is 26.3 Å². The van der Waals surface area contributed by atoms with Crippen molar-refractivity contribution < 1.29 is 19.0 Å². The minimum absolute atomic E-state index is 0.0636. The Hall–Kier alpha value is -0.990. The number of rotatable bonds is 5. The molecule has 156 valence electrons. The van der Waals surface area contributed by atoms with Crippen molar-refractivity contribution >= 4 is 17.2 Å². The molecule has 3 aliphatic rings. The van der Waals surface area contributed by atoms with Crippen molar-refractivity contribution in [3.05, 3.63) is 21.9 Å². The quantitative estimate of drug-likeness (QED) is 0.749. The first-order chi connectivity index (χ1) is 13.6. The number of ether oxygens (including phenoxy) is 3. The predicted octanol–water partition coefficient (Wildman–Crippen LogP) is 2.45. The summed E-state index contributed by atoms with van der Waals surface area (Å²) in [6.07, 6.45) is 4.03. The SMILES string of the molecule is Cc1ccsc1CN1CCC2(CC1)CC(OCC(=O)N1CCOCC1)CCO2. The Morgan fingerprint density at radius 1 is 1.25 bits per heavy atom. The minimum Gasteiger partial charge on any atom is -0.378 e. The molecule has 3 saturated heterocycles. The minimum atomic E-state index is -0.0636. The van der Waals surface area contributed by atoms with Gasteiger partial charge in [-0.1, -0.05) is 0 Å². The summed E-state index contributed by atoms with van der Waals surface area (Å²) in [6.45, 7) is 8.92. The van der Waals surface area contributed by atoms with Crippen molar-refractivity contribution in [1.29, 1.82) is 0 Å². The van der Waals surface area contributed by atoms with Crippen LogP contribution in [0.4, 0.5) is 0 Å². The first-order valence-electron chi connectivity index (χ1n) is 10.5. The van der Waals surface area contributed by atoms with Crippen LogP contribution in [-0.4, -0.2) is 80.0 Å². The average Bonchev–Trinajstić information content (AvgIpc) is 3.13. The van der Waals surface area contributed by atoms with Crippen LogP contribution in [0.3, 0.4) is 0 Å². The maximum Gasteiger partial charge on any atom is 0.248 e. The van der Waals surface area contributed by atoms with Crippen molar-refractivity contribution in [1.82, 2.24) is 9.80 Å². The number of likely N-dealkylation sites (tertiary alicyclic amines) is 1. The van der Waals surface area contributed by atoms with Crippen molar-refractivity contribution in [2.75, 3.05) is 52.6 Å². The van der Waals surface area contributed by atoms with Gasteiger partial charge in [0, 0.05) is 50.6 Å². The number of piperidine rings is 1. The molecule has 1 aromatic heterocycles. The van der Waals surface area contributed by atoms with Gasteiger partial charge in [-0.2, -0.15) is 0 Å². The number of hydrogen-bond acceptors (Lipinski definition) is 6. The third-order valence-electron chi connectivity index (χ3n) is 6.36. The topological polar surface area (TPSA) is 51.2 Å². The van der Waals surface area contributed by atoms with Crippen molar-refractivity contribution in [3.8, 4) is 0 Å². The van der Waals surface area contributed by atoms with Gasteiger partial charge in [-0.25, -0.2) is 0 Å². The Balaban J connectivity index is 1.23. The fourth-order valence-corrected chi connectivity index (χ4v) is 5.40. The van der Waals surface area contributed by atoms with Gasteiger partial charge in [0.05, 0.1) is 24.9 Å². The van der Waals surface area contributed by atoms with Gasteiger partial charge in [-0.05, 0) is 43.2 Å². The van der Waals surface area contributed by atoms with Crippen LogP contribution >= 0.6 is 11.3 Å². The normalized spacial score (nSPS) is 25.9. The van der Waals surface area contributed by atoms with Crippen LogP contribution in [0.2, 0.25) is 0 Å². The van der Waals surface area contributed by atoms with Crippen LogP contribution < -0.4 is 0 Å². The van der Waals surface area contributed by atoms with Gasteiger partial charge in [0.1, 0.15) is 6.61 Å². The fraction of sp³-hybridized carbons (Fsp3) is 0.762. The molecule has 6 nitrogen and oxygen atoms in total. The van der Waals surface area contributed by atoms with Gasteiger partial charge in [-0.15, -0.1) is 11.3 Å². The second-order valence-electron chi connectivity index (χ2n) is 8.25. The maximum absolute atomic E-state index is 12.3. The maximum atomic E-state index is 12.3. The summed E-state index contributed by atoms with van der Waals surface area (Å²) in [7, 11) is 0. The standard InChI is InChI=1S/C21H32N2O4S/c1-17-3-13-28-19(17)15-22-6-4-21(5-7-22)14-18(2-10-27-21)26-16-20(24)23-8-11-25-12-9-23/h3,13,18H,2,4-12,14-16H2,1H3. The molecule has 0 aliphatic carbocycles. The highest BCUT2D eigenvalue weighted by molar-refractivity contribution is 7.10. The number of aryl methyl sites for hydroxylation is 1. The molecule has 0 N–H and O–H groups in total. The van der Waals surface area contributed by atoms with Gasteiger partial charge in [0.2, 0.25) is 5.91 Å². The van der Waals surface area contributed by atoms with Crippen LogP contribution in [0.1, 0.15) is 36.1 Å². The van der Waals surface area contributed by atoms with Crippen LogP contribution in [-0.2, 0) is 25.5 Å². The Morgan fingerprint density at radius 2 is 2.04 bits per heavy atom. The molecule has 1 spiro atoms. The first kappa shape index (κ1) is 20.3. The van der Waals surface area contributed by atoms with E-state index in [1.807, 2.05) is 16.2 Å². The van der Waals surface area contributed by atoms with Crippen LogP contribution in [0.25, 0.3) is 0 Å². The zero-order valence-corrected chi connectivity index (χ0v) is 17.7. The van der Waals surface area contributed by atoms with E-state index in [1.165, 1.54) is 10.4 Å². The number of thiophene rings is 1. The molecule has 0 saturated carbocycles. The van der Waals surface area contributed by atoms with E-state index >= 15 is 0 Å². The predicted molar refractivity (Wildman–Crippen MR) is 109 cm³/mol. The molecule has 0 bridgehead atoms. The molecule has 1 aromatic rings. The fourth-order valence-electron chi connectivity index (χ4n) is 4.45. The lowest BCUT2D eigenvalue weighted by Crippen LogP contribution is -2.51. The molecule has 0 aromatic carbocycles. The zero-order chi connectivity index (χ0) is 19.4. The van der Waals surface area contributed by atoms with E-state index in [9.17, 15) is 4.79 Å². The third-order valence-corrected chi connectivity index (χ3v) is 7.36. The summed E-state index contributed by atoms with van der Waals surface area (Å²) < 4.78 is 17.6. The number of nitrogens with zero attached hydrogens (tertiary/aromatic N) is 2. The Kier molecular flexibility index (Phi) is 6.68. The Bertz CT molecular complexity index is 651. The van der Waals surface area contributed by atoms with Crippen LogP contribution in [0, 0.1) is 6.92 Å². The number of amides is 1. The molecule has 1 atom stereocenters. The third kappa shape index (κ3) is 4.94. The lowest BCUT2D eigenvalue weighted by molar-refractivity contribution is -0.165. The Morgan fingerprint density at radius 3 is 2.75 bits per heavy atom. The lowest BCUT2D eigenvalue weighted by Gasteiger charge is -2.46. The van der Waals surface area contributed by atoms with E-state index < -0.39 is 0 Å². The van der Waals surface area contributed by atoms with Gasteiger partial charge in [0.15, 0.2) is 0 Å². The van der Waals surface area contributed by atoms with E-state index in [1.54, 1.807) is 0 Å². The molecular weight excluding hydrogens is 376 g/mol. The smallest absolute Gasteiger partial charge is 0.248 e. The molecule has 1 unspecified atom stereocenters. The highest BCUT2D eigenvalue weighted by Gasteiger charge is 2.41. The van der Waals surface area contributed by atoms with E-state index in [0.717, 1.165) is 51.9 Å². The van der Waals surface area contributed by atoms with E-state index in [4.69, 9.17) is 14.2 Å². The second kappa shape index (κ2) is 9.22. The number of carbonyl (C=O) groups is 1. The van der Waals surface area contributed by atoms with Crippen LogP contribution in [0.15, 0.2) is 11.4 Å². The van der Waals surface area contributed by atoms with E-state index in [-0.39, 0.29) is 24.2 Å². The molecule has 4 heterocycles. The molecule has 28 heavy (non-hydrogen) atoms. The molecular formula is C21H32N2O4S. The highest BCUT2D eigenvalue weighted by Crippen LogP contribution is 2.36. The molecule has 7 heteroatoms. The molecule has 3 fully saturated rings. The first-order valence-corrected chi connectivity index (χ1v) is 11.4. The van der Waals surface area contributed by atoms with Crippen molar-refractivity contribution in [3.63, 3.8) is 0 Å². The number of hydrogen-bond donors (Lipinski definition) is 0. The zero-order valence-electron chi connectivity index (χ0n) is 16.9. The van der Waals surface area contributed by atoms with Crippen molar-refractivity contribution in [2.45, 2.75) is 50.9 Å². The molecule has 1 amide bonds. The van der Waals surface area contributed by atoms with Crippen molar-refractivity contribution in [2.24, 2.45) is 0 Å². The van der Waals surface area contributed by atoms with Gasteiger partial charge in [0.25, 0.3) is 0 Å². The second-order valence-corrected chi connectivity index (χ2v) is 9.25. The van der Waals surface area contributed by atoms with E-state index in [2.05, 4.69) is 23.3 Å². The van der Waals surface area contributed by atoms with Gasteiger partial charge in [-0.3, -0.25) is 9.69 Å². The summed E-state index contributed by atoms with van der Waals surface area (Å²) in [6, 6.07) is 2.20. The summed E-state index contributed by atoms with van der Waals surface area (Å²) in [4.78, 5) is 18.2. The Labute approximate surface area is 171 Å². The largest absolute Gasteiger partial charge is 0.378 e. The highest BCUT2D eigenvalue weighted by atomic mass is 32.1. The summed E-state index contributed by atoms with van der Waals surface area (Å²) >= 11 is 1.85.